The van der Waals surface area contributed by atoms with Crippen LogP contribution < -0.4 is 5.56 Å². The fourth-order valence-electron chi connectivity index (χ4n) is 2.77. The first-order chi connectivity index (χ1) is 12.4. The van der Waals surface area contributed by atoms with Gasteiger partial charge in [-0.3, -0.25) is 9.59 Å². The minimum Gasteiger partial charge on any atom is -0.480 e. The van der Waals surface area contributed by atoms with Gasteiger partial charge in [-0.2, -0.15) is 4.98 Å². The molecule has 2 aromatic carbocycles. The molecule has 134 valence electrons. The predicted octanol–water partition coefficient (Wildman–Crippen LogP) is 2.68. The topological polar surface area (TPSA) is 72.2 Å². The van der Waals surface area contributed by atoms with E-state index in [-0.39, 0.29) is 29.6 Å². The number of hydrogen-bond donors (Lipinski definition) is 1. The number of carbonyl (C=O) groups is 1. The highest BCUT2D eigenvalue weighted by Gasteiger charge is 2.15. The van der Waals surface area contributed by atoms with Crippen molar-refractivity contribution in [3.63, 3.8) is 0 Å². The second-order valence-corrected chi connectivity index (χ2v) is 5.69. The molecule has 1 aromatic heterocycles. The summed E-state index contributed by atoms with van der Waals surface area (Å²) in [5, 5.41) is 9.40. The molecule has 0 amide bonds. The Morgan fingerprint density at radius 1 is 1.04 bits per heavy atom. The van der Waals surface area contributed by atoms with Gasteiger partial charge in [0.25, 0.3) is 5.56 Å². The van der Waals surface area contributed by atoms with Gasteiger partial charge in [0.05, 0.1) is 10.9 Å². The number of carboxylic acid groups (broad SMARTS) is 1. The third-order valence-electron chi connectivity index (χ3n) is 3.97. The first-order valence-electron chi connectivity index (χ1n) is 7.70. The van der Waals surface area contributed by atoms with E-state index >= 15 is 0 Å². The fourth-order valence-corrected chi connectivity index (χ4v) is 2.77. The molecule has 3 aromatic rings. The van der Waals surface area contributed by atoms with Crippen molar-refractivity contribution in [2.75, 3.05) is 0 Å². The number of fused-ring (bicyclic) bond motifs is 1. The Morgan fingerprint density at radius 3 is 2.46 bits per heavy atom. The van der Waals surface area contributed by atoms with Crippen molar-refractivity contribution in [2.24, 2.45) is 0 Å². The summed E-state index contributed by atoms with van der Waals surface area (Å²) in [7, 11) is 0. The molecule has 26 heavy (non-hydrogen) atoms. The Hall–Kier alpha value is -3.16. The van der Waals surface area contributed by atoms with Crippen molar-refractivity contribution in [2.45, 2.75) is 19.4 Å². The van der Waals surface area contributed by atoms with E-state index in [1.807, 2.05) is 0 Å². The smallest absolute Gasteiger partial charge is 0.323 e. The number of benzene rings is 2. The Kier molecular flexibility index (Phi) is 4.75. The molecule has 0 bridgehead atoms. The van der Waals surface area contributed by atoms with Crippen LogP contribution in [0.4, 0.5) is 13.2 Å². The molecule has 0 atom stereocenters. The van der Waals surface area contributed by atoms with Crippen molar-refractivity contribution in [1.82, 2.24) is 9.55 Å². The van der Waals surface area contributed by atoms with Gasteiger partial charge in [0.15, 0.2) is 11.6 Å². The highest BCUT2D eigenvalue weighted by molar-refractivity contribution is 5.79. The van der Waals surface area contributed by atoms with E-state index in [9.17, 15) is 22.8 Å². The summed E-state index contributed by atoms with van der Waals surface area (Å²) in [5.74, 6) is -4.41. The highest BCUT2D eigenvalue weighted by Crippen LogP contribution is 2.17. The van der Waals surface area contributed by atoms with E-state index in [0.29, 0.717) is 11.6 Å². The SMILES string of the molecule is O=C(O)Cn1c(CCc2cc(F)c(F)cc2F)nc(=O)c2ccccc21. The molecule has 0 fully saturated rings. The maximum atomic E-state index is 13.8. The van der Waals surface area contributed by atoms with Gasteiger partial charge in [0.1, 0.15) is 18.2 Å². The van der Waals surface area contributed by atoms with Gasteiger partial charge in [-0.1, -0.05) is 12.1 Å². The summed E-state index contributed by atoms with van der Waals surface area (Å²) in [6.45, 7) is -0.441. The van der Waals surface area contributed by atoms with Crippen LogP contribution in [0.3, 0.4) is 0 Å². The number of hydrogen-bond acceptors (Lipinski definition) is 3. The molecule has 0 aliphatic heterocycles. The van der Waals surface area contributed by atoms with Gasteiger partial charge in [-0.25, -0.2) is 13.2 Å². The molecule has 0 aliphatic carbocycles. The summed E-state index contributed by atoms with van der Waals surface area (Å²) in [6.07, 6.45) is -0.0945. The first kappa shape index (κ1) is 17.7. The first-order valence-corrected chi connectivity index (χ1v) is 7.70. The van der Waals surface area contributed by atoms with Gasteiger partial charge in [-0.15, -0.1) is 0 Å². The predicted molar refractivity (Wildman–Crippen MR) is 87.4 cm³/mol. The van der Waals surface area contributed by atoms with E-state index in [4.69, 9.17) is 5.11 Å². The summed E-state index contributed by atoms with van der Waals surface area (Å²) >= 11 is 0. The lowest BCUT2D eigenvalue weighted by Crippen LogP contribution is -2.22. The number of carboxylic acids is 1. The molecule has 8 heteroatoms. The molecule has 0 radical (unpaired) electrons. The molecule has 1 N–H and O–H groups in total. The number of halogens is 3. The lowest BCUT2D eigenvalue weighted by Gasteiger charge is -2.14. The number of aryl methyl sites for hydroxylation is 2. The van der Waals surface area contributed by atoms with Crippen LogP contribution in [-0.2, 0) is 24.2 Å². The van der Waals surface area contributed by atoms with Crippen LogP contribution in [-0.4, -0.2) is 20.6 Å². The standard InChI is InChI=1S/C18H13F3N2O3/c19-12-8-14(21)13(20)7-10(12)5-6-16-22-18(26)11-3-1-2-4-15(11)23(16)9-17(24)25/h1-4,7-8H,5-6,9H2,(H,24,25). The number of para-hydroxylation sites is 1. The molecule has 0 saturated heterocycles. The molecule has 0 spiro atoms. The lowest BCUT2D eigenvalue weighted by molar-refractivity contribution is -0.137. The second-order valence-electron chi connectivity index (χ2n) is 5.69. The zero-order valence-electron chi connectivity index (χ0n) is 13.4. The van der Waals surface area contributed by atoms with Crippen molar-refractivity contribution < 1.29 is 23.1 Å². The van der Waals surface area contributed by atoms with E-state index in [1.165, 1.54) is 10.6 Å². The maximum absolute atomic E-state index is 13.8. The summed E-state index contributed by atoms with van der Waals surface area (Å²) in [6, 6.07) is 7.59. The largest absolute Gasteiger partial charge is 0.480 e. The van der Waals surface area contributed by atoms with Crippen molar-refractivity contribution >= 4 is 16.9 Å². The van der Waals surface area contributed by atoms with Crippen LogP contribution in [0.1, 0.15) is 11.4 Å². The van der Waals surface area contributed by atoms with Crippen molar-refractivity contribution in [1.29, 1.82) is 0 Å². The Balaban J connectivity index is 2.03. The number of rotatable bonds is 5. The normalized spacial score (nSPS) is 11.0. The second kappa shape index (κ2) is 6.99. The van der Waals surface area contributed by atoms with Gasteiger partial charge in [-0.05, 0) is 30.2 Å². The van der Waals surface area contributed by atoms with Crippen LogP contribution in [0, 0.1) is 17.5 Å². The van der Waals surface area contributed by atoms with E-state index in [2.05, 4.69) is 4.98 Å². The summed E-state index contributed by atoms with van der Waals surface area (Å²) < 4.78 is 41.5. The van der Waals surface area contributed by atoms with Gasteiger partial charge in [0, 0.05) is 12.5 Å². The highest BCUT2D eigenvalue weighted by atomic mass is 19.2. The number of nitrogens with zero attached hydrogens (tertiary/aromatic N) is 2. The Morgan fingerprint density at radius 2 is 1.73 bits per heavy atom. The summed E-state index contributed by atoms with van der Waals surface area (Å²) in [5.41, 5.74) is -0.244. The molecule has 5 nitrogen and oxygen atoms in total. The third kappa shape index (κ3) is 3.44. The molecule has 3 rings (SSSR count). The molecule has 0 saturated carbocycles. The van der Waals surface area contributed by atoms with Gasteiger partial charge < -0.3 is 9.67 Å². The van der Waals surface area contributed by atoms with Gasteiger partial charge in [0.2, 0.25) is 0 Å². The molecule has 0 aliphatic rings. The van der Waals surface area contributed by atoms with Crippen LogP contribution in [0.2, 0.25) is 0 Å². The number of aliphatic carboxylic acids is 1. The van der Waals surface area contributed by atoms with Gasteiger partial charge >= 0.3 is 5.97 Å². The summed E-state index contributed by atoms with van der Waals surface area (Å²) in [4.78, 5) is 27.2. The minimum atomic E-state index is -1.29. The number of aromatic nitrogens is 2. The van der Waals surface area contributed by atoms with E-state index < -0.39 is 35.5 Å². The molecular formula is C18H13F3N2O3. The zero-order chi connectivity index (χ0) is 18.8. The fraction of sp³-hybridized carbons (Fsp3) is 0.167. The zero-order valence-corrected chi connectivity index (χ0v) is 13.4. The van der Waals surface area contributed by atoms with Crippen molar-refractivity contribution in [3.05, 3.63) is 75.6 Å². The maximum Gasteiger partial charge on any atom is 0.323 e. The lowest BCUT2D eigenvalue weighted by atomic mass is 10.1. The molecule has 0 unspecified atom stereocenters. The minimum absolute atomic E-state index is 0.0185. The average Bonchev–Trinajstić information content (AvgIpc) is 2.59. The quantitative estimate of drug-likeness (QED) is 0.709. The Bertz CT molecular complexity index is 1060. The third-order valence-corrected chi connectivity index (χ3v) is 3.97. The van der Waals surface area contributed by atoms with E-state index in [1.54, 1.807) is 18.2 Å². The monoisotopic (exact) mass is 362 g/mol. The van der Waals surface area contributed by atoms with Crippen LogP contribution in [0.25, 0.3) is 10.9 Å². The van der Waals surface area contributed by atoms with Crippen LogP contribution in [0.5, 0.6) is 0 Å². The average molecular weight is 362 g/mol. The molecular weight excluding hydrogens is 349 g/mol. The van der Waals surface area contributed by atoms with Crippen LogP contribution in [0.15, 0.2) is 41.2 Å². The van der Waals surface area contributed by atoms with Crippen LogP contribution >= 0.6 is 0 Å². The van der Waals surface area contributed by atoms with E-state index in [0.717, 1.165) is 6.07 Å². The Labute approximate surface area is 145 Å². The van der Waals surface area contributed by atoms with Crippen molar-refractivity contribution in [3.8, 4) is 0 Å². The molecule has 1 heterocycles.